The number of nitro groups is 1. The summed E-state index contributed by atoms with van der Waals surface area (Å²) < 4.78 is 18.8. The van der Waals surface area contributed by atoms with Crippen LogP contribution in [0.1, 0.15) is 21.5 Å². The predicted octanol–water partition coefficient (Wildman–Crippen LogP) is 3.73. The molecule has 0 fully saturated rings. The zero-order chi connectivity index (χ0) is 20.3. The first-order valence-electron chi connectivity index (χ1n) is 8.43. The second-order valence-electron chi connectivity index (χ2n) is 6.11. The average molecular weight is 383 g/mol. The number of carbonyl (C=O) groups excluding carboxylic acids is 1. The third kappa shape index (κ3) is 3.77. The molecule has 7 nitrogen and oxygen atoms in total. The van der Waals surface area contributed by atoms with Crippen molar-refractivity contribution in [1.29, 1.82) is 0 Å². The fraction of sp³-hybridized carbons (Fsp3) is 0.150. The van der Waals surface area contributed by atoms with Crippen molar-refractivity contribution in [2.75, 3.05) is 14.2 Å². The molecule has 0 saturated carbocycles. The van der Waals surface area contributed by atoms with Crippen LogP contribution < -0.4 is 5.32 Å². The smallest absolute Gasteiger partial charge is 0.338 e. The topological polar surface area (TPSA) is 97.3 Å². The second kappa shape index (κ2) is 8.01. The van der Waals surface area contributed by atoms with Crippen LogP contribution in [0, 0.1) is 15.9 Å². The Morgan fingerprint density at radius 1 is 1.32 bits per heavy atom. The first-order chi connectivity index (χ1) is 13.4. The summed E-state index contributed by atoms with van der Waals surface area (Å²) >= 11 is 0. The summed E-state index contributed by atoms with van der Waals surface area (Å²) in [4.78, 5) is 25.5. The lowest BCUT2D eigenvalue weighted by Gasteiger charge is -2.05. The molecule has 144 valence electrons. The molecule has 0 aliphatic heterocycles. The number of rotatable bonds is 6. The fourth-order valence-electron chi connectivity index (χ4n) is 3.12. The van der Waals surface area contributed by atoms with Crippen LogP contribution >= 0.6 is 0 Å². The number of fused-ring (bicyclic) bond motifs is 1. The lowest BCUT2D eigenvalue weighted by Crippen LogP contribution is -2.04. The van der Waals surface area contributed by atoms with Crippen LogP contribution in [0.4, 0.5) is 4.39 Å². The van der Waals surface area contributed by atoms with Crippen molar-refractivity contribution >= 4 is 22.9 Å². The lowest BCUT2D eigenvalue weighted by atomic mass is 10.0. The van der Waals surface area contributed by atoms with Gasteiger partial charge in [0.25, 0.3) is 0 Å². The Kier molecular flexibility index (Phi) is 5.51. The molecule has 0 aliphatic rings. The third-order valence-corrected chi connectivity index (χ3v) is 4.29. The van der Waals surface area contributed by atoms with E-state index in [1.54, 1.807) is 0 Å². The number of nitrogens with zero attached hydrogens (tertiary/aromatic N) is 1. The number of halogens is 1. The van der Waals surface area contributed by atoms with Crippen LogP contribution in [-0.4, -0.2) is 30.0 Å². The molecule has 0 amide bonds. The highest BCUT2D eigenvalue weighted by atomic mass is 19.1. The molecule has 0 unspecified atom stereocenters. The van der Waals surface area contributed by atoms with Gasteiger partial charge in [-0.2, -0.15) is 0 Å². The highest BCUT2D eigenvalue weighted by Gasteiger charge is 2.20. The van der Waals surface area contributed by atoms with Crippen molar-refractivity contribution < 1.29 is 18.8 Å². The van der Waals surface area contributed by atoms with E-state index in [2.05, 4.69) is 10.3 Å². The second-order valence-corrected chi connectivity index (χ2v) is 6.11. The quantitative estimate of drug-likeness (QED) is 0.384. The molecular formula is C20H18FN3O4. The number of nitrogens with one attached hydrogen (secondary N) is 2. The Bertz CT molecular complexity index is 1070. The zero-order valence-corrected chi connectivity index (χ0v) is 15.3. The van der Waals surface area contributed by atoms with E-state index in [-0.39, 0.29) is 5.56 Å². The molecule has 1 heterocycles. The number of esters is 1. The molecule has 0 radical (unpaired) electrons. The maximum atomic E-state index is 14.0. The van der Waals surface area contributed by atoms with E-state index < -0.39 is 16.7 Å². The molecule has 0 bridgehead atoms. The minimum Gasteiger partial charge on any atom is -0.465 e. The number of benzene rings is 2. The zero-order valence-electron chi connectivity index (χ0n) is 15.3. The number of hydrogen-bond acceptors (Lipinski definition) is 5. The summed E-state index contributed by atoms with van der Waals surface area (Å²) in [6.07, 6.45) is 2.08. The molecule has 0 atom stereocenters. The van der Waals surface area contributed by atoms with E-state index in [1.165, 1.54) is 19.3 Å². The standard InChI is InChI=1S/C20H18FN3O4/c1-22-11-12-3-5-13(6-4-12)19-15(7-8-24(26)27)18-16(20(25)28-2)9-14(21)10-17(18)23-19/h3-10,22-23H,11H2,1-2H3/b8-7+. The highest BCUT2D eigenvalue weighted by molar-refractivity contribution is 6.09. The van der Waals surface area contributed by atoms with Gasteiger partial charge in [-0.3, -0.25) is 10.1 Å². The summed E-state index contributed by atoms with van der Waals surface area (Å²) in [5.41, 5.74) is 3.10. The molecule has 0 aliphatic carbocycles. The van der Waals surface area contributed by atoms with Crippen LogP contribution in [0.25, 0.3) is 28.2 Å². The normalized spacial score (nSPS) is 11.2. The molecule has 3 aromatic rings. The van der Waals surface area contributed by atoms with Crippen molar-refractivity contribution in [1.82, 2.24) is 10.3 Å². The number of H-pyrrole nitrogens is 1. The van der Waals surface area contributed by atoms with Gasteiger partial charge in [0.1, 0.15) is 5.82 Å². The first kappa shape index (κ1) is 19.2. The van der Waals surface area contributed by atoms with Crippen molar-refractivity contribution in [2.45, 2.75) is 6.54 Å². The Morgan fingerprint density at radius 3 is 2.64 bits per heavy atom. The fourth-order valence-corrected chi connectivity index (χ4v) is 3.12. The van der Waals surface area contributed by atoms with Crippen LogP contribution in [0.3, 0.4) is 0 Å². The number of hydrogen-bond donors (Lipinski definition) is 2. The molecule has 2 N–H and O–H groups in total. The summed E-state index contributed by atoms with van der Waals surface area (Å²) in [6.45, 7) is 0.693. The first-order valence-corrected chi connectivity index (χ1v) is 8.43. The molecule has 2 aromatic carbocycles. The predicted molar refractivity (Wildman–Crippen MR) is 104 cm³/mol. The Labute approximate surface area is 160 Å². The van der Waals surface area contributed by atoms with Crippen molar-refractivity contribution in [2.24, 2.45) is 0 Å². The Morgan fingerprint density at radius 2 is 2.04 bits per heavy atom. The van der Waals surface area contributed by atoms with E-state index in [0.717, 1.165) is 23.4 Å². The monoisotopic (exact) mass is 383 g/mol. The third-order valence-electron chi connectivity index (χ3n) is 4.29. The molecule has 8 heteroatoms. The Balaban J connectivity index is 2.28. The minimum absolute atomic E-state index is 0.00481. The van der Waals surface area contributed by atoms with Gasteiger partial charge in [0.2, 0.25) is 6.20 Å². The van der Waals surface area contributed by atoms with Gasteiger partial charge >= 0.3 is 5.97 Å². The SMILES string of the molecule is CNCc1ccc(-c2[nH]c3cc(F)cc(C(=O)OC)c3c2/C=C/[N+](=O)[O-])cc1. The number of aromatic amines is 1. The lowest BCUT2D eigenvalue weighted by molar-refractivity contribution is -0.400. The van der Waals surface area contributed by atoms with E-state index in [4.69, 9.17) is 4.74 Å². The summed E-state index contributed by atoms with van der Waals surface area (Å²) in [5.74, 6) is -1.34. The van der Waals surface area contributed by atoms with Crippen molar-refractivity contribution in [3.8, 4) is 11.3 Å². The molecular weight excluding hydrogens is 365 g/mol. The van der Waals surface area contributed by atoms with Gasteiger partial charge in [-0.25, -0.2) is 9.18 Å². The van der Waals surface area contributed by atoms with Gasteiger partial charge in [0, 0.05) is 23.6 Å². The van der Waals surface area contributed by atoms with Gasteiger partial charge in [0.05, 0.1) is 28.8 Å². The van der Waals surface area contributed by atoms with Gasteiger partial charge in [-0.1, -0.05) is 24.3 Å². The number of carbonyl (C=O) groups is 1. The van der Waals surface area contributed by atoms with Crippen LogP contribution in [0.2, 0.25) is 0 Å². The Hall–Kier alpha value is -3.52. The van der Waals surface area contributed by atoms with Gasteiger partial charge in [-0.15, -0.1) is 0 Å². The number of methoxy groups -OCH3 is 1. The molecule has 0 spiro atoms. The summed E-state index contributed by atoms with van der Waals surface area (Å²) in [5, 5.41) is 14.3. The van der Waals surface area contributed by atoms with Gasteiger partial charge < -0.3 is 15.0 Å². The molecule has 0 saturated heterocycles. The van der Waals surface area contributed by atoms with Crippen LogP contribution in [0.5, 0.6) is 0 Å². The van der Waals surface area contributed by atoms with Crippen LogP contribution in [0.15, 0.2) is 42.6 Å². The summed E-state index contributed by atoms with van der Waals surface area (Å²) in [7, 11) is 3.04. The molecule has 3 rings (SSSR count). The van der Waals surface area contributed by atoms with E-state index in [0.29, 0.717) is 28.7 Å². The maximum absolute atomic E-state index is 14.0. The van der Waals surface area contributed by atoms with Crippen molar-refractivity contribution in [3.63, 3.8) is 0 Å². The average Bonchev–Trinajstić information content (AvgIpc) is 3.04. The van der Waals surface area contributed by atoms with Crippen LogP contribution in [-0.2, 0) is 11.3 Å². The minimum atomic E-state index is -0.727. The van der Waals surface area contributed by atoms with E-state index in [9.17, 15) is 19.3 Å². The molecule has 1 aromatic heterocycles. The molecule has 28 heavy (non-hydrogen) atoms. The van der Waals surface area contributed by atoms with Crippen molar-refractivity contribution in [3.05, 3.63) is 75.2 Å². The van der Waals surface area contributed by atoms with E-state index in [1.807, 2.05) is 31.3 Å². The van der Waals surface area contributed by atoms with E-state index >= 15 is 0 Å². The number of aromatic nitrogens is 1. The largest absolute Gasteiger partial charge is 0.465 e. The highest BCUT2D eigenvalue weighted by Crippen LogP contribution is 2.34. The van der Waals surface area contributed by atoms with Gasteiger partial charge in [-0.05, 0) is 30.3 Å². The number of ether oxygens (including phenoxy) is 1. The van der Waals surface area contributed by atoms with Gasteiger partial charge in [0.15, 0.2) is 0 Å². The maximum Gasteiger partial charge on any atom is 0.338 e. The summed E-state index contributed by atoms with van der Waals surface area (Å²) in [6, 6.07) is 9.85.